The van der Waals surface area contributed by atoms with Gasteiger partial charge in [-0.15, -0.1) is 0 Å². The number of fused-ring (bicyclic) bond motifs is 1. The molecule has 0 amide bonds. The van der Waals surface area contributed by atoms with Gasteiger partial charge in [0.25, 0.3) is 0 Å². The standard InChI is InChI=1S/C9H9N3O2S/c1-3-15(13,14)9-8-7(4-5-10-9)12(2)6-11-8/h3-6H,1H2,2H3. The van der Waals surface area contributed by atoms with E-state index in [2.05, 4.69) is 16.5 Å². The summed E-state index contributed by atoms with van der Waals surface area (Å²) in [5.41, 5.74) is 1.10. The molecule has 0 aromatic carbocycles. The van der Waals surface area contributed by atoms with Gasteiger partial charge in [-0.05, 0) is 6.07 Å². The molecule has 0 unspecified atom stereocenters. The Morgan fingerprint density at radius 3 is 2.87 bits per heavy atom. The monoisotopic (exact) mass is 223 g/mol. The van der Waals surface area contributed by atoms with Gasteiger partial charge in [0.2, 0.25) is 9.84 Å². The second-order valence-electron chi connectivity index (χ2n) is 3.05. The van der Waals surface area contributed by atoms with Gasteiger partial charge in [-0.1, -0.05) is 6.58 Å². The molecule has 0 radical (unpaired) electrons. The van der Waals surface area contributed by atoms with Crippen LogP contribution in [0.3, 0.4) is 0 Å². The van der Waals surface area contributed by atoms with Gasteiger partial charge in [0.15, 0.2) is 5.03 Å². The Labute approximate surface area is 87.0 Å². The van der Waals surface area contributed by atoms with E-state index in [-0.39, 0.29) is 5.03 Å². The van der Waals surface area contributed by atoms with Crippen molar-refractivity contribution in [1.29, 1.82) is 0 Å². The number of nitrogens with zero attached hydrogens (tertiary/aromatic N) is 3. The fraction of sp³-hybridized carbons (Fsp3) is 0.111. The second-order valence-corrected chi connectivity index (χ2v) is 4.86. The Balaban J connectivity index is 2.89. The van der Waals surface area contributed by atoms with Crippen LogP contribution < -0.4 is 0 Å². The lowest BCUT2D eigenvalue weighted by molar-refractivity contribution is 0.602. The van der Waals surface area contributed by atoms with E-state index in [0.717, 1.165) is 10.9 Å². The minimum absolute atomic E-state index is 0.0457. The lowest BCUT2D eigenvalue weighted by Crippen LogP contribution is -2.00. The normalized spacial score (nSPS) is 11.8. The van der Waals surface area contributed by atoms with E-state index in [1.165, 1.54) is 6.20 Å². The summed E-state index contributed by atoms with van der Waals surface area (Å²) in [5.74, 6) is 0. The molecule has 0 saturated carbocycles. The van der Waals surface area contributed by atoms with Gasteiger partial charge in [-0.25, -0.2) is 18.4 Å². The molecule has 78 valence electrons. The maximum absolute atomic E-state index is 11.6. The maximum Gasteiger partial charge on any atom is 0.218 e. The third-order valence-corrected chi connectivity index (χ3v) is 3.37. The summed E-state index contributed by atoms with van der Waals surface area (Å²) in [6.07, 6.45) is 2.99. The molecule has 5 nitrogen and oxygen atoms in total. The Morgan fingerprint density at radius 2 is 2.20 bits per heavy atom. The van der Waals surface area contributed by atoms with E-state index in [1.54, 1.807) is 24.0 Å². The highest BCUT2D eigenvalue weighted by atomic mass is 32.2. The molecular formula is C9H9N3O2S. The van der Waals surface area contributed by atoms with Crippen LogP contribution in [0.25, 0.3) is 11.0 Å². The van der Waals surface area contributed by atoms with Crippen molar-refractivity contribution in [2.45, 2.75) is 5.03 Å². The molecule has 0 N–H and O–H groups in total. The number of hydrogen-bond acceptors (Lipinski definition) is 4. The summed E-state index contributed by atoms with van der Waals surface area (Å²) in [6.45, 7) is 3.26. The van der Waals surface area contributed by atoms with Gasteiger partial charge in [0.05, 0.1) is 11.8 Å². The Hall–Kier alpha value is -1.69. The number of aryl methyl sites for hydroxylation is 1. The molecule has 0 saturated heterocycles. The van der Waals surface area contributed by atoms with E-state index in [9.17, 15) is 8.42 Å². The molecular weight excluding hydrogens is 214 g/mol. The molecule has 0 aliphatic carbocycles. The minimum atomic E-state index is -3.53. The molecule has 0 aliphatic rings. The van der Waals surface area contributed by atoms with Gasteiger partial charge in [0, 0.05) is 18.7 Å². The molecule has 2 aromatic heterocycles. The molecule has 0 atom stereocenters. The highest BCUT2D eigenvalue weighted by molar-refractivity contribution is 7.94. The van der Waals surface area contributed by atoms with E-state index in [0.29, 0.717) is 5.52 Å². The summed E-state index contributed by atoms with van der Waals surface area (Å²) < 4.78 is 24.9. The molecule has 0 spiro atoms. The van der Waals surface area contributed by atoms with Gasteiger partial charge in [-0.3, -0.25) is 0 Å². The minimum Gasteiger partial charge on any atom is -0.334 e. The highest BCUT2D eigenvalue weighted by Gasteiger charge is 2.17. The van der Waals surface area contributed by atoms with E-state index in [4.69, 9.17) is 0 Å². The number of rotatable bonds is 2. The summed E-state index contributed by atoms with van der Waals surface area (Å²) in [4.78, 5) is 7.83. The van der Waals surface area contributed by atoms with Crippen LogP contribution in [0.1, 0.15) is 0 Å². The summed E-state index contributed by atoms with van der Waals surface area (Å²) in [7, 11) is -1.74. The smallest absolute Gasteiger partial charge is 0.218 e. The van der Waals surface area contributed by atoms with Crippen LogP contribution in [-0.4, -0.2) is 23.0 Å². The van der Waals surface area contributed by atoms with Crippen LogP contribution in [-0.2, 0) is 16.9 Å². The fourth-order valence-electron chi connectivity index (χ4n) is 1.32. The van der Waals surface area contributed by atoms with Gasteiger partial charge >= 0.3 is 0 Å². The first-order valence-electron chi connectivity index (χ1n) is 4.20. The molecule has 0 bridgehead atoms. The number of pyridine rings is 1. The Bertz CT molecular complexity index is 628. The first kappa shape index (κ1) is 9.85. The lowest BCUT2D eigenvalue weighted by atomic mass is 10.4. The lowest BCUT2D eigenvalue weighted by Gasteiger charge is -1.99. The average Bonchev–Trinajstić information content (AvgIpc) is 2.60. The van der Waals surface area contributed by atoms with Crippen molar-refractivity contribution in [3.8, 4) is 0 Å². The van der Waals surface area contributed by atoms with Crippen molar-refractivity contribution in [2.75, 3.05) is 0 Å². The zero-order chi connectivity index (χ0) is 11.1. The van der Waals surface area contributed by atoms with Crippen LogP contribution in [0.4, 0.5) is 0 Å². The van der Waals surface area contributed by atoms with Crippen LogP contribution in [0.15, 0.2) is 35.6 Å². The Morgan fingerprint density at radius 1 is 1.47 bits per heavy atom. The second kappa shape index (κ2) is 3.16. The van der Waals surface area contributed by atoms with Crippen molar-refractivity contribution >= 4 is 20.9 Å². The van der Waals surface area contributed by atoms with Crippen LogP contribution >= 0.6 is 0 Å². The molecule has 2 aromatic rings. The van der Waals surface area contributed by atoms with Crippen LogP contribution in [0.2, 0.25) is 0 Å². The van der Waals surface area contributed by atoms with Crippen molar-refractivity contribution in [3.63, 3.8) is 0 Å². The molecule has 2 rings (SSSR count). The largest absolute Gasteiger partial charge is 0.334 e. The predicted octanol–water partition coefficient (Wildman–Crippen LogP) is 0.885. The summed E-state index contributed by atoms with van der Waals surface area (Å²) in [5, 5.41) is 0.833. The number of imidazole rings is 1. The SMILES string of the molecule is C=CS(=O)(=O)c1nccc2c1ncn2C. The highest BCUT2D eigenvalue weighted by Crippen LogP contribution is 2.19. The summed E-state index contributed by atoms with van der Waals surface area (Å²) >= 11 is 0. The number of aromatic nitrogens is 3. The van der Waals surface area contributed by atoms with Crippen molar-refractivity contribution in [3.05, 3.63) is 30.6 Å². The van der Waals surface area contributed by atoms with Gasteiger partial charge in [0.1, 0.15) is 5.52 Å². The molecule has 15 heavy (non-hydrogen) atoms. The van der Waals surface area contributed by atoms with Crippen molar-refractivity contribution in [1.82, 2.24) is 14.5 Å². The third kappa shape index (κ3) is 1.42. The molecule has 2 heterocycles. The van der Waals surface area contributed by atoms with E-state index < -0.39 is 9.84 Å². The van der Waals surface area contributed by atoms with Crippen molar-refractivity contribution < 1.29 is 8.42 Å². The van der Waals surface area contributed by atoms with Crippen LogP contribution in [0, 0.1) is 0 Å². The fourth-order valence-corrected chi connectivity index (χ4v) is 2.12. The van der Waals surface area contributed by atoms with Crippen LogP contribution in [0.5, 0.6) is 0 Å². The summed E-state index contributed by atoms with van der Waals surface area (Å²) in [6, 6.07) is 1.71. The first-order valence-corrected chi connectivity index (χ1v) is 5.74. The van der Waals surface area contributed by atoms with E-state index >= 15 is 0 Å². The number of hydrogen-bond donors (Lipinski definition) is 0. The first-order chi connectivity index (χ1) is 7.06. The third-order valence-electron chi connectivity index (χ3n) is 2.10. The number of sulfone groups is 1. The van der Waals surface area contributed by atoms with Crippen molar-refractivity contribution in [2.24, 2.45) is 7.05 Å². The molecule has 0 aliphatic heterocycles. The van der Waals surface area contributed by atoms with Gasteiger partial charge in [-0.2, -0.15) is 0 Å². The quantitative estimate of drug-likeness (QED) is 0.758. The average molecular weight is 223 g/mol. The van der Waals surface area contributed by atoms with E-state index in [1.807, 2.05) is 0 Å². The molecule has 0 fully saturated rings. The zero-order valence-electron chi connectivity index (χ0n) is 8.08. The zero-order valence-corrected chi connectivity index (χ0v) is 8.90. The molecule has 6 heteroatoms. The Kier molecular flexibility index (Phi) is 2.08. The predicted molar refractivity (Wildman–Crippen MR) is 55.9 cm³/mol. The van der Waals surface area contributed by atoms with Gasteiger partial charge < -0.3 is 4.57 Å². The topological polar surface area (TPSA) is 64.8 Å². The maximum atomic E-state index is 11.6.